The van der Waals surface area contributed by atoms with E-state index in [1.54, 1.807) is 25.4 Å². The Hall–Kier alpha value is -3.55. The van der Waals surface area contributed by atoms with E-state index in [1.165, 1.54) is 4.31 Å². The maximum absolute atomic E-state index is 12.2. The van der Waals surface area contributed by atoms with Crippen LogP contribution < -0.4 is 15.5 Å². The van der Waals surface area contributed by atoms with Gasteiger partial charge in [0, 0.05) is 49.9 Å². The Morgan fingerprint density at radius 2 is 1.81 bits per heavy atom. The van der Waals surface area contributed by atoms with E-state index in [-0.39, 0.29) is 12.1 Å². The summed E-state index contributed by atoms with van der Waals surface area (Å²) in [5, 5.41) is 11.8. The molecule has 1 aromatic carbocycles. The number of anilines is 2. The number of rotatable bonds is 6. The van der Waals surface area contributed by atoms with Crippen molar-refractivity contribution in [1.82, 2.24) is 29.4 Å². The second-order valence-electron chi connectivity index (χ2n) is 8.92. The van der Waals surface area contributed by atoms with Crippen molar-refractivity contribution in [3.05, 3.63) is 42.4 Å². The van der Waals surface area contributed by atoms with Gasteiger partial charge in [-0.15, -0.1) is 0 Å². The van der Waals surface area contributed by atoms with Gasteiger partial charge in [0.1, 0.15) is 5.82 Å². The van der Waals surface area contributed by atoms with Crippen LogP contribution in [0.15, 0.2) is 42.4 Å². The molecule has 2 aromatic heterocycles. The summed E-state index contributed by atoms with van der Waals surface area (Å²) in [5.41, 5.74) is 2.17. The van der Waals surface area contributed by atoms with Crippen LogP contribution in [0.2, 0.25) is 0 Å². The van der Waals surface area contributed by atoms with Gasteiger partial charge in [-0.25, -0.2) is 27.9 Å². The number of hydrogen-bond acceptors (Lipinski definition) is 8. The van der Waals surface area contributed by atoms with Crippen LogP contribution in [0.5, 0.6) is 0 Å². The highest BCUT2D eigenvalue weighted by Crippen LogP contribution is 2.32. The van der Waals surface area contributed by atoms with E-state index in [9.17, 15) is 13.2 Å². The molecule has 12 nitrogen and oxygen atoms in total. The number of ether oxygens (including phenoxy) is 1. The van der Waals surface area contributed by atoms with Gasteiger partial charge in [-0.05, 0) is 37.1 Å². The van der Waals surface area contributed by atoms with Gasteiger partial charge in [0.2, 0.25) is 10.0 Å². The van der Waals surface area contributed by atoms with Crippen LogP contribution in [-0.4, -0.2) is 84.9 Å². The standard InChI is InChI=1S/C24H30N8O4S/c1-3-37(34,35)31-10-8-19(9-11-31)32-23-20(16-26-32)22(30-12-14-36-15-13-30)28-21(29-23)17-4-6-18(7-5-17)27-24(33)25-2/h3-7,16,19H,1,8-15H2,2H3,(H2,25,27,33). The predicted octanol–water partition coefficient (Wildman–Crippen LogP) is 2.19. The van der Waals surface area contributed by atoms with Crippen LogP contribution >= 0.6 is 0 Å². The first-order valence-corrected chi connectivity index (χ1v) is 13.7. The second-order valence-corrected chi connectivity index (χ2v) is 10.8. The minimum absolute atomic E-state index is 0.00758. The molecule has 2 N–H and O–H groups in total. The largest absolute Gasteiger partial charge is 0.378 e. The summed E-state index contributed by atoms with van der Waals surface area (Å²) in [7, 11) is -1.88. The van der Waals surface area contributed by atoms with Gasteiger partial charge in [0.05, 0.1) is 30.8 Å². The first-order valence-electron chi connectivity index (χ1n) is 12.2. The Bertz CT molecular complexity index is 1390. The topological polar surface area (TPSA) is 135 Å². The molecule has 196 valence electrons. The van der Waals surface area contributed by atoms with Crippen molar-refractivity contribution in [3.8, 4) is 11.4 Å². The molecule has 0 spiro atoms. The van der Waals surface area contributed by atoms with Crippen molar-refractivity contribution in [2.75, 3.05) is 56.7 Å². The molecule has 0 saturated carbocycles. The van der Waals surface area contributed by atoms with Crippen LogP contribution in [-0.2, 0) is 14.8 Å². The Labute approximate surface area is 215 Å². The van der Waals surface area contributed by atoms with E-state index in [1.807, 2.05) is 16.8 Å². The zero-order valence-corrected chi connectivity index (χ0v) is 21.4. The molecule has 0 bridgehead atoms. The average Bonchev–Trinajstić information content (AvgIpc) is 3.37. The van der Waals surface area contributed by atoms with E-state index in [2.05, 4.69) is 27.2 Å². The highest BCUT2D eigenvalue weighted by Gasteiger charge is 2.29. The van der Waals surface area contributed by atoms with E-state index in [4.69, 9.17) is 14.7 Å². The molecule has 4 heterocycles. The first kappa shape index (κ1) is 25.1. The molecular formula is C24H30N8O4S. The zero-order valence-electron chi connectivity index (χ0n) is 20.6. The lowest BCUT2D eigenvalue weighted by Gasteiger charge is -2.31. The van der Waals surface area contributed by atoms with E-state index < -0.39 is 10.0 Å². The van der Waals surface area contributed by atoms with Crippen LogP contribution in [0, 0.1) is 0 Å². The summed E-state index contributed by atoms with van der Waals surface area (Å²) >= 11 is 0. The molecule has 0 radical (unpaired) electrons. The number of sulfonamides is 1. The van der Waals surface area contributed by atoms with Crippen LogP contribution in [0.25, 0.3) is 22.4 Å². The number of aromatic nitrogens is 4. The van der Waals surface area contributed by atoms with Crippen molar-refractivity contribution in [1.29, 1.82) is 0 Å². The maximum atomic E-state index is 12.2. The van der Waals surface area contributed by atoms with Gasteiger partial charge in [0.15, 0.2) is 11.5 Å². The monoisotopic (exact) mass is 526 g/mol. The number of carbonyl (C=O) groups excluding carboxylic acids is 1. The number of nitrogens with zero attached hydrogens (tertiary/aromatic N) is 6. The number of carbonyl (C=O) groups is 1. The van der Waals surface area contributed by atoms with Crippen molar-refractivity contribution in [2.24, 2.45) is 0 Å². The molecule has 2 aliphatic heterocycles. The van der Waals surface area contributed by atoms with Gasteiger partial charge in [-0.1, -0.05) is 6.58 Å². The van der Waals surface area contributed by atoms with Crippen LogP contribution in [0.1, 0.15) is 18.9 Å². The molecule has 0 atom stereocenters. The lowest BCUT2D eigenvalue weighted by Crippen LogP contribution is -2.38. The fourth-order valence-corrected chi connectivity index (χ4v) is 5.60. The van der Waals surface area contributed by atoms with E-state index in [0.29, 0.717) is 69.4 Å². The Morgan fingerprint density at radius 3 is 2.46 bits per heavy atom. The molecular weight excluding hydrogens is 496 g/mol. The molecule has 0 unspecified atom stereocenters. The van der Waals surface area contributed by atoms with Gasteiger partial charge < -0.3 is 20.3 Å². The van der Waals surface area contributed by atoms with Crippen LogP contribution in [0.3, 0.4) is 0 Å². The molecule has 2 saturated heterocycles. The SMILES string of the molecule is C=CS(=O)(=O)N1CCC(n2ncc3c(N4CCOCC4)nc(-c4ccc(NC(=O)NC)cc4)nc32)CC1. The van der Waals surface area contributed by atoms with Crippen molar-refractivity contribution in [3.63, 3.8) is 0 Å². The third-order valence-electron chi connectivity index (χ3n) is 6.71. The molecule has 2 amide bonds. The predicted molar refractivity (Wildman–Crippen MR) is 141 cm³/mol. The molecule has 0 aliphatic carbocycles. The minimum atomic E-state index is -3.44. The number of amides is 2. The average molecular weight is 527 g/mol. The third-order valence-corrected chi connectivity index (χ3v) is 8.22. The third kappa shape index (κ3) is 5.15. The van der Waals surface area contributed by atoms with Gasteiger partial charge >= 0.3 is 6.03 Å². The number of urea groups is 1. The number of fused-ring (bicyclic) bond motifs is 1. The van der Waals surface area contributed by atoms with Crippen molar-refractivity contribution < 1.29 is 17.9 Å². The van der Waals surface area contributed by atoms with Gasteiger partial charge in [-0.2, -0.15) is 9.40 Å². The summed E-state index contributed by atoms with van der Waals surface area (Å²) in [4.78, 5) is 23.7. The normalized spacial score (nSPS) is 17.6. The number of morpholine rings is 1. The highest BCUT2D eigenvalue weighted by molar-refractivity contribution is 7.92. The summed E-state index contributed by atoms with van der Waals surface area (Å²) in [6.07, 6.45) is 3.04. The fourth-order valence-electron chi connectivity index (χ4n) is 4.67. The number of piperidine rings is 1. The maximum Gasteiger partial charge on any atom is 0.318 e. The Kier molecular flexibility index (Phi) is 7.09. The summed E-state index contributed by atoms with van der Waals surface area (Å²) < 4.78 is 33.3. The lowest BCUT2D eigenvalue weighted by atomic mass is 10.1. The Balaban J connectivity index is 1.51. The van der Waals surface area contributed by atoms with Crippen molar-refractivity contribution >= 4 is 38.6 Å². The molecule has 37 heavy (non-hydrogen) atoms. The summed E-state index contributed by atoms with van der Waals surface area (Å²) in [6.45, 7) is 6.88. The fraction of sp³-hybridized carbons (Fsp3) is 0.417. The number of benzene rings is 1. The molecule has 13 heteroatoms. The highest BCUT2D eigenvalue weighted by atomic mass is 32.2. The van der Waals surface area contributed by atoms with Crippen molar-refractivity contribution in [2.45, 2.75) is 18.9 Å². The lowest BCUT2D eigenvalue weighted by molar-refractivity contribution is 0.122. The quantitative estimate of drug-likeness (QED) is 0.499. The Morgan fingerprint density at radius 1 is 1.11 bits per heavy atom. The molecule has 5 rings (SSSR count). The molecule has 3 aromatic rings. The molecule has 2 fully saturated rings. The van der Waals surface area contributed by atoms with E-state index in [0.717, 1.165) is 22.2 Å². The number of nitrogens with one attached hydrogen (secondary N) is 2. The van der Waals surface area contributed by atoms with Gasteiger partial charge in [-0.3, -0.25) is 0 Å². The molecule has 2 aliphatic rings. The second kappa shape index (κ2) is 10.4. The van der Waals surface area contributed by atoms with Gasteiger partial charge in [0.25, 0.3) is 0 Å². The number of hydrogen-bond donors (Lipinski definition) is 2. The summed E-state index contributed by atoms with van der Waals surface area (Å²) in [6, 6.07) is 7.06. The minimum Gasteiger partial charge on any atom is -0.378 e. The van der Waals surface area contributed by atoms with E-state index >= 15 is 0 Å². The smallest absolute Gasteiger partial charge is 0.318 e. The first-order chi connectivity index (χ1) is 17.9. The van der Waals surface area contributed by atoms with Crippen LogP contribution in [0.4, 0.5) is 16.3 Å². The summed E-state index contributed by atoms with van der Waals surface area (Å²) in [5.74, 6) is 1.35. The zero-order chi connectivity index (χ0) is 26.0.